The van der Waals surface area contributed by atoms with Crippen molar-refractivity contribution < 1.29 is 9.21 Å². The second-order valence-corrected chi connectivity index (χ2v) is 6.18. The van der Waals surface area contributed by atoms with E-state index in [9.17, 15) is 4.79 Å². The summed E-state index contributed by atoms with van der Waals surface area (Å²) in [6.07, 6.45) is 5.77. The van der Waals surface area contributed by atoms with Gasteiger partial charge >= 0.3 is 0 Å². The average Bonchev–Trinajstić information content (AvgIpc) is 3.19. The Labute approximate surface area is 147 Å². The summed E-state index contributed by atoms with van der Waals surface area (Å²) in [7, 11) is 0. The Morgan fingerprint density at radius 1 is 1.24 bits per heavy atom. The molecule has 0 fully saturated rings. The SMILES string of the molecule is Cc1cc(C)c(C(=O)NCc2nccn2CCCc2ccccc2)o1. The molecule has 0 unspecified atom stereocenters. The van der Waals surface area contributed by atoms with Gasteiger partial charge in [0.2, 0.25) is 0 Å². The monoisotopic (exact) mass is 337 g/mol. The zero-order chi connectivity index (χ0) is 17.6. The molecule has 130 valence electrons. The smallest absolute Gasteiger partial charge is 0.287 e. The van der Waals surface area contributed by atoms with Gasteiger partial charge in [-0.15, -0.1) is 0 Å². The number of nitrogens with zero attached hydrogens (tertiary/aromatic N) is 2. The first-order chi connectivity index (χ1) is 12.1. The van der Waals surface area contributed by atoms with Crippen molar-refractivity contribution >= 4 is 5.91 Å². The van der Waals surface area contributed by atoms with E-state index in [4.69, 9.17) is 4.42 Å². The highest BCUT2D eigenvalue weighted by molar-refractivity contribution is 5.92. The van der Waals surface area contributed by atoms with Crippen molar-refractivity contribution in [1.29, 1.82) is 0 Å². The Morgan fingerprint density at radius 2 is 2.04 bits per heavy atom. The lowest BCUT2D eigenvalue weighted by Crippen LogP contribution is -2.25. The molecule has 3 aromatic rings. The van der Waals surface area contributed by atoms with Crippen molar-refractivity contribution in [2.45, 2.75) is 39.8 Å². The number of hydrogen-bond donors (Lipinski definition) is 1. The van der Waals surface area contributed by atoms with Gasteiger partial charge in [-0.3, -0.25) is 4.79 Å². The molecule has 1 N–H and O–H groups in total. The maximum absolute atomic E-state index is 12.2. The first-order valence-corrected chi connectivity index (χ1v) is 8.52. The van der Waals surface area contributed by atoms with Crippen LogP contribution < -0.4 is 5.32 Å². The molecule has 0 radical (unpaired) electrons. The van der Waals surface area contributed by atoms with Gasteiger partial charge in [-0.05, 0) is 38.3 Å². The summed E-state index contributed by atoms with van der Waals surface area (Å²) in [4.78, 5) is 16.6. The topological polar surface area (TPSA) is 60.1 Å². The first kappa shape index (κ1) is 17.0. The predicted molar refractivity (Wildman–Crippen MR) is 96.3 cm³/mol. The maximum atomic E-state index is 12.2. The van der Waals surface area contributed by atoms with Crippen molar-refractivity contribution in [1.82, 2.24) is 14.9 Å². The van der Waals surface area contributed by atoms with E-state index in [1.54, 1.807) is 6.20 Å². The third-order valence-corrected chi connectivity index (χ3v) is 4.16. The van der Waals surface area contributed by atoms with Gasteiger partial charge < -0.3 is 14.3 Å². The molecule has 5 heteroatoms. The molecule has 1 amide bonds. The summed E-state index contributed by atoms with van der Waals surface area (Å²) in [5.41, 5.74) is 2.18. The number of aryl methyl sites for hydroxylation is 4. The molecule has 2 heterocycles. The lowest BCUT2D eigenvalue weighted by atomic mass is 10.1. The van der Waals surface area contributed by atoms with Crippen molar-refractivity contribution in [3.8, 4) is 0 Å². The van der Waals surface area contributed by atoms with E-state index in [0.717, 1.165) is 36.5 Å². The number of aromatic nitrogens is 2. The molecule has 0 aliphatic carbocycles. The summed E-state index contributed by atoms with van der Waals surface area (Å²) < 4.78 is 7.54. The predicted octanol–water partition coefficient (Wildman–Crippen LogP) is 3.66. The molecule has 0 spiro atoms. The van der Waals surface area contributed by atoms with Gasteiger partial charge in [0.05, 0.1) is 6.54 Å². The van der Waals surface area contributed by atoms with Crippen LogP contribution in [0.2, 0.25) is 0 Å². The lowest BCUT2D eigenvalue weighted by Gasteiger charge is -2.09. The normalized spacial score (nSPS) is 10.8. The van der Waals surface area contributed by atoms with Gasteiger partial charge in [-0.2, -0.15) is 0 Å². The maximum Gasteiger partial charge on any atom is 0.287 e. The Bertz CT molecular complexity index is 834. The Balaban J connectivity index is 1.53. The van der Waals surface area contributed by atoms with Crippen LogP contribution in [-0.4, -0.2) is 15.5 Å². The number of imidazole rings is 1. The second-order valence-electron chi connectivity index (χ2n) is 6.18. The Kier molecular flexibility index (Phi) is 5.33. The summed E-state index contributed by atoms with van der Waals surface area (Å²) >= 11 is 0. The van der Waals surface area contributed by atoms with Crippen LogP contribution in [0.25, 0.3) is 0 Å². The third kappa shape index (κ3) is 4.38. The van der Waals surface area contributed by atoms with Gasteiger partial charge in [0.15, 0.2) is 5.76 Å². The molecule has 0 atom stereocenters. The van der Waals surface area contributed by atoms with Gasteiger partial charge in [0.25, 0.3) is 5.91 Å². The molecular formula is C20H23N3O2. The zero-order valence-electron chi connectivity index (χ0n) is 14.7. The van der Waals surface area contributed by atoms with Crippen LogP contribution >= 0.6 is 0 Å². The minimum absolute atomic E-state index is 0.204. The van der Waals surface area contributed by atoms with Crippen LogP contribution in [0.5, 0.6) is 0 Å². The van der Waals surface area contributed by atoms with Crippen molar-refractivity contribution in [3.63, 3.8) is 0 Å². The van der Waals surface area contributed by atoms with Crippen LogP contribution in [0.3, 0.4) is 0 Å². The lowest BCUT2D eigenvalue weighted by molar-refractivity contribution is 0.0919. The number of hydrogen-bond acceptors (Lipinski definition) is 3. The molecule has 2 aromatic heterocycles. The quantitative estimate of drug-likeness (QED) is 0.716. The average molecular weight is 337 g/mol. The standard InChI is InChI=1S/C20H23N3O2/c1-15-13-16(2)25-19(15)20(24)22-14-18-21-10-12-23(18)11-6-9-17-7-4-3-5-8-17/h3-5,7-8,10,12-13H,6,9,11,14H2,1-2H3,(H,22,24). The second kappa shape index (κ2) is 7.83. The molecule has 3 rings (SSSR count). The van der Waals surface area contributed by atoms with Crippen molar-refractivity contribution in [3.05, 3.63) is 77.3 Å². The van der Waals surface area contributed by atoms with E-state index in [-0.39, 0.29) is 5.91 Å². The summed E-state index contributed by atoms with van der Waals surface area (Å²) in [5, 5.41) is 2.89. The molecule has 1 aromatic carbocycles. The van der Waals surface area contributed by atoms with E-state index in [1.165, 1.54) is 5.56 Å². The molecule has 0 aliphatic rings. The number of furan rings is 1. The van der Waals surface area contributed by atoms with Crippen LogP contribution in [-0.2, 0) is 19.5 Å². The van der Waals surface area contributed by atoms with E-state index in [2.05, 4.69) is 39.1 Å². The molecule has 0 aliphatic heterocycles. The highest BCUT2D eigenvalue weighted by Crippen LogP contribution is 2.13. The van der Waals surface area contributed by atoms with Gasteiger partial charge in [-0.25, -0.2) is 4.98 Å². The van der Waals surface area contributed by atoms with Gasteiger partial charge in [-0.1, -0.05) is 30.3 Å². The van der Waals surface area contributed by atoms with E-state index < -0.39 is 0 Å². The number of carbonyl (C=O) groups excluding carboxylic acids is 1. The first-order valence-electron chi connectivity index (χ1n) is 8.52. The number of nitrogens with one attached hydrogen (secondary N) is 1. The van der Waals surface area contributed by atoms with Crippen LogP contribution in [0.1, 0.15) is 39.7 Å². The van der Waals surface area contributed by atoms with Crippen molar-refractivity contribution in [2.24, 2.45) is 0 Å². The van der Waals surface area contributed by atoms with Crippen molar-refractivity contribution in [2.75, 3.05) is 0 Å². The van der Waals surface area contributed by atoms with E-state index in [1.807, 2.05) is 32.2 Å². The molecular weight excluding hydrogens is 314 g/mol. The number of amides is 1. The number of rotatable bonds is 7. The molecule has 0 saturated carbocycles. The Hall–Kier alpha value is -2.82. The van der Waals surface area contributed by atoms with Crippen LogP contribution in [0.4, 0.5) is 0 Å². The summed E-state index contributed by atoms with van der Waals surface area (Å²) in [5.74, 6) is 1.76. The molecule has 25 heavy (non-hydrogen) atoms. The minimum Gasteiger partial charge on any atom is -0.456 e. The van der Waals surface area contributed by atoms with E-state index >= 15 is 0 Å². The molecule has 0 bridgehead atoms. The molecule has 0 saturated heterocycles. The number of carbonyl (C=O) groups is 1. The highest BCUT2D eigenvalue weighted by atomic mass is 16.3. The number of benzene rings is 1. The minimum atomic E-state index is -0.204. The Morgan fingerprint density at radius 3 is 2.76 bits per heavy atom. The fourth-order valence-corrected chi connectivity index (χ4v) is 2.92. The van der Waals surface area contributed by atoms with Crippen LogP contribution in [0.15, 0.2) is 53.2 Å². The zero-order valence-corrected chi connectivity index (χ0v) is 14.7. The summed E-state index contributed by atoms with van der Waals surface area (Å²) in [6.45, 7) is 4.97. The highest BCUT2D eigenvalue weighted by Gasteiger charge is 2.15. The largest absolute Gasteiger partial charge is 0.456 e. The van der Waals surface area contributed by atoms with E-state index in [0.29, 0.717) is 12.3 Å². The molecule has 5 nitrogen and oxygen atoms in total. The summed E-state index contributed by atoms with van der Waals surface area (Å²) in [6, 6.07) is 12.3. The van der Waals surface area contributed by atoms with Gasteiger partial charge in [0, 0.05) is 24.5 Å². The third-order valence-electron chi connectivity index (χ3n) is 4.16. The fourth-order valence-electron chi connectivity index (χ4n) is 2.92. The van der Waals surface area contributed by atoms with Crippen LogP contribution in [0, 0.1) is 13.8 Å². The fraction of sp³-hybridized carbons (Fsp3) is 0.300. The van der Waals surface area contributed by atoms with Gasteiger partial charge in [0.1, 0.15) is 11.6 Å².